The van der Waals surface area contributed by atoms with Crippen molar-refractivity contribution >= 4 is 0 Å². The van der Waals surface area contributed by atoms with E-state index in [9.17, 15) is 5.11 Å². The van der Waals surface area contributed by atoms with Crippen LogP contribution in [-0.4, -0.2) is 24.3 Å². The molecule has 1 saturated carbocycles. The Balaban J connectivity index is 1.72. The van der Waals surface area contributed by atoms with E-state index >= 15 is 0 Å². The van der Waals surface area contributed by atoms with Crippen molar-refractivity contribution in [2.24, 2.45) is 5.92 Å². The van der Waals surface area contributed by atoms with Gasteiger partial charge in [0.25, 0.3) is 0 Å². The van der Waals surface area contributed by atoms with Crippen molar-refractivity contribution in [3.63, 3.8) is 0 Å². The molecule has 2 fully saturated rings. The molecule has 0 unspecified atom stereocenters. The maximum atomic E-state index is 10.5. The van der Waals surface area contributed by atoms with Crippen LogP contribution >= 0.6 is 0 Å². The van der Waals surface area contributed by atoms with Gasteiger partial charge in [-0.1, -0.05) is 18.6 Å². The molecule has 1 aliphatic carbocycles. The first-order chi connectivity index (χ1) is 8.78. The first kappa shape index (κ1) is 12.0. The van der Waals surface area contributed by atoms with Crippen molar-refractivity contribution in [3.8, 4) is 5.75 Å². The lowest BCUT2D eigenvalue weighted by Crippen LogP contribution is -2.33. The molecule has 1 aliphatic heterocycles. The minimum Gasteiger partial charge on any atom is -0.497 e. The van der Waals surface area contributed by atoms with E-state index in [1.165, 1.54) is 19.3 Å². The van der Waals surface area contributed by atoms with E-state index in [0.717, 1.165) is 23.7 Å². The third-order valence-electron chi connectivity index (χ3n) is 4.46. The summed E-state index contributed by atoms with van der Waals surface area (Å²) in [5.74, 6) is 1.58. The number of hydrogen-bond donors (Lipinski definition) is 2. The number of aliphatic hydroxyl groups is 1. The number of nitrogens with one attached hydrogen (secondary N) is 1. The van der Waals surface area contributed by atoms with Crippen LogP contribution in [0.5, 0.6) is 5.75 Å². The van der Waals surface area contributed by atoms with E-state index in [1.807, 2.05) is 24.3 Å². The fourth-order valence-electron chi connectivity index (χ4n) is 3.49. The summed E-state index contributed by atoms with van der Waals surface area (Å²) in [5.41, 5.74) is 0.951. The number of ether oxygens (including phenoxy) is 1. The molecule has 0 spiro atoms. The predicted molar refractivity (Wildman–Crippen MR) is 70.6 cm³/mol. The van der Waals surface area contributed by atoms with Gasteiger partial charge in [-0.05, 0) is 42.9 Å². The van der Waals surface area contributed by atoms with Gasteiger partial charge in [-0.3, -0.25) is 0 Å². The Kier molecular flexibility index (Phi) is 3.27. The van der Waals surface area contributed by atoms with Crippen molar-refractivity contribution in [2.45, 2.75) is 43.9 Å². The van der Waals surface area contributed by atoms with Crippen LogP contribution in [0, 0.1) is 5.92 Å². The molecule has 0 aromatic heterocycles. The number of aliphatic hydroxyl groups excluding tert-OH is 1. The van der Waals surface area contributed by atoms with E-state index in [-0.39, 0.29) is 6.04 Å². The molecule has 4 atom stereocenters. The molecule has 3 nitrogen and oxygen atoms in total. The summed E-state index contributed by atoms with van der Waals surface area (Å²) >= 11 is 0. The quantitative estimate of drug-likeness (QED) is 0.861. The molecule has 1 aromatic rings. The highest BCUT2D eigenvalue weighted by molar-refractivity contribution is 5.30. The summed E-state index contributed by atoms with van der Waals surface area (Å²) in [6, 6.07) is 8.59. The van der Waals surface area contributed by atoms with Crippen LogP contribution in [0.25, 0.3) is 0 Å². The van der Waals surface area contributed by atoms with Crippen molar-refractivity contribution in [2.75, 3.05) is 7.11 Å². The highest BCUT2D eigenvalue weighted by Gasteiger charge is 2.39. The monoisotopic (exact) mass is 247 g/mol. The van der Waals surface area contributed by atoms with Crippen LogP contribution in [0.2, 0.25) is 0 Å². The minimum absolute atomic E-state index is 0.201. The molecule has 1 saturated heterocycles. The number of methoxy groups -OCH3 is 1. The maximum absolute atomic E-state index is 10.5. The summed E-state index contributed by atoms with van der Waals surface area (Å²) in [6.07, 6.45) is 4.60. The Morgan fingerprint density at radius 1 is 1.39 bits per heavy atom. The van der Waals surface area contributed by atoms with Crippen molar-refractivity contribution in [3.05, 3.63) is 29.8 Å². The normalized spacial score (nSPS) is 32.2. The topological polar surface area (TPSA) is 41.5 Å². The number of fused-ring (bicyclic) bond motifs is 1. The lowest BCUT2D eigenvalue weighted by Gasteiger charge is -2.20. The van der Waals surface area contributed by atoms with E-state index in [4.69, 9.17) is 4.74 Å². The standard InChI is InChI=1S/C15H21NO2/c1-18-12-6-2-5-11(8-12)15(17)14-9-10-4-3-7-13(10)16-14/h2,5-6,8,10,13-17H,3-4,7,9H2,1H3/t10-,13-,14-,15-/m1/s1. The molecule has 2 aliphatic rings. The molecule has 3 rings (SSSR count). The number of hydrogen-bond acceptors (Lipinski definition) is 3. The molecule has 0 bridgehead atoms. The van der Waals surface area contributed by atoms with Crippen LogP contribution in [-0.2, 0) is 0 Å². The summed E-state index contributed by atoms with van der Waals surface area (Å²) in [6.45, 7) is 0. The molecule has 3 heteroatoms. The SMILES string of the molecule is COc1cccc([C@@H](O)[C@H]2C[C@H]3CCC[C@H]3N2)c1. The zero-order chi connectivity index (χ0) is 12.5. The zero-order valence-electron chi connectivity index (χ0n) is 10.8. The van der Waals surface area contributed by atoms with Crippen LogP contribution < -0.4 is 10.1 Å². The highest BCUT2D eigenvalue weighted by atomic mass is 16.5. The molecular weight excluding hydrogens is 226 g/mol. The fourth-order valence-corrected chi connectivity index (χ4v) is 3.49. The molecule has 0 radical (unpaired) electrons. The van der Waals surface area contributed by atoms with Crippen LogP contribution in [0.15, 0.2) is 24.3 Å². The first-order valence-corrected chi connectivity index (χ1v) is 6.86. The van der Waals surface area contributed by atoms with Crippen molar-refractivity contribution < 1.29 is 9.84 Å². The first-order valence-electron chi connectivity index (χ1n) is 6.86. The third kappa shape index (κ3) is 2.13. The van der Waals surface area contributed by atoms with Gasteiger partial charge in [-0.2, -0.15) is 0 Å². The Bertz CT molecular complexity index is 409. The molecule has 18 heavy (non-hydrogen) atoms. The van der Waals surface area contributed by atoms with Gasteiger partial charge in [-0.25, -0.2) is 0 Å². The Labute approximate surface area is 108 Å². The van der Waals surface area contributed by atoms with Gasteiger partial charge in [0.2, 0.25) is 0 Å². The maximum Gasteiger partial charge on any atom is 0.119 e. The van der Waals surface area contributed by atoms with Crippen LogP contribution in [0.4, 0.5) is 0 Å². The zero-order valence-corrected chi connectivity index (χ0v) is 10.8. The van der Waals surface area contributed by atoms with Crippen LogP contribution in [0.3, 0.4) is 0 Å². The number of rotatable bonds is 3. The second kappa shape index (κ2) is 4.90. The molecule has 98 valence electrons. The summed E-state index contributed by atoms with van der Waals surface area (Å²) in [7, 11) is 1.66. The predicted octanol–water partition coefficient (Wildman–Crippen LogP) is 2.26. The molecular formula is C15H21NO2. The molecule has 1 aromatic carbocycles. The van der Waals surface area contributed by atoms with Gasteiger partial charge >= 0.3 is 0 Å². The second-order valence-electron chi connectivity index (χ2n) is 5.53. The second-order valence-corrected chi connectivity index (χ2v) is 5.53. The average molecular weight is 247 g/mol. The van der Waals surface area contributed by atoms with E-state index in [2.05, 4.69) is 5.32 Å². The lowest BCUT2D eigenvalue weighted by atomic mass is 9.96. The Morgan fingerprint density at radius 2 is 2.28 bits per heavy atom. The van der Waals surface area contributed by atoms with E-state index < -0.39 is 6.10 Å². The summed E-state index contributed by atoms with van der Waals surface area (Å²) in [4.78, 5) is 0. The Morgan fingerprint density at radius 3 is 3.06 bits per heavy atom. The average Bonchev–Trinajstić information content (AvgIpc) is 2.98. The Hall–Kier alpha value is -1.06. The van der Waals surface area contributed by atoms with Crippen molar-refractivity contribution in [1.29, 1.82) is 0 Å². The number of benzene rings is 1. The van der Waals surface area contributed by atoms with E-state index in [1.54, 1.807) is 7.11 Å². The van der Waals surface area contributed by atoms with Gasteiger partial charge in [0, 0.05) is 12.1 Å². The van der Waals surface area contributed by atoms with Gasteiger partial charge < -0.3 is 15.2 Å². The molecule has 1 heterocycles. The van der Waals surface area contributed by atoms with Gasteiger partial charge in [0.05, 0.1) is 13.2 Å². The molecule has 2 N–H and O–H groups in total. The minimum atomic E-state index is -0.425. The van der Waals surface area contributed by atoms with Gasteiger partial charge in [-0.15, -0.1) is 0 Å². The summed E-state index contributed by atoms with van der Waals surface area (Å²) in [5, 5.41) is 14.1. The van der Waals surface area contributed by atoms with Gasteiger partial charge in [0.1, 0.15) is 5.75 Å². The van der Waals surface area contributed by atoms with E-state index in [0.29, 0.717) is 6.04 Å². The lowest BCUT2D eigenvalue weighted by molar-refractivity contribution is 0.133. The van der Waals surface area contributed by atoms with Gasteiger partial charge in [0.15, 0.2) is 0 Å². The highest BCUT2D eigenvalue weighted by Crippen LogP contribution is 2.38. The molecule has 0 amide bonds. The van der Waals surface area contributed by atoms with Crippen molar-refractivity contribution in [1.82, 2.24) is 5.32 Å². The third-order valence-corrected chi connectivity index (χ3v) is 4.46. The summed E-state index contributed by atoms with van der Waals surface area (Å²) < 4.78 is 5.21. The smallest absolute Gasteiger partial charge is 0.119 e. The fraction of sp³-hybridized carbons (Fsp3) is 0.600. The van der Waals surface area contributed by atoms with Crippen LogP contribution in [0.1, 0.15) is 37.4 Å². The largest absolute Gasteiger partial charge is 0.497 e.